The summed E-state index contributed by atoms with van der Waals surface area (Å²) >= 11 is 0. The number of rotatable bonds is 7. The second-order valence-corrected chi connectivity index (χ2v) is 4.84. The summed E-state index contributed by atoms with van der Waals surface area (Å²) in [6.07, 6.45) is -4.09. The largest absolute Gasteiger partial charge is 0.573 e. The second kappa shape index (κ2) is 7.59. The number of nitrogens with one attached hydrogen (secondary N) is 1. The van der Waals surface area contributed by atoms with E-state index in [-0.39, 0.29) is 6.54 Å². The summed E-state index contributed by atoms with van der Waals surface area (Å²) in [5.74, 6) is -2.21. The fraction of sp³-hybridized carbons (Fsp3) is 0.308. The number of halogens is 3. The number of ether oxygens (including phenoxy) is 1. The summed E-state index contributed by atoms with van der Waals surface area (Å²) in [4.78, 5) is 22.9. The van der Waals surface area contributed by atoms with Crippen molar-refractivity contribution in [1.29, 1.82) is 0 Å². The molecule has 0 saturated heterocycles. The van der Waals surface area contributed by atoms with Crippen molar-refractivity contribution in [3.8, 4) is 5.75 Å². The molecule has 0 aliphatic carbocycles. The van der Waals surface area contributed by atoms with Crippen LogP contribution in [-0.2, 0) is 16.1 Å². The maximum atomic E-state index is 12.1. The Bertz CT molecular complexity index is 718. The van der Waals surface area contributed by atoms with Crippen LogP contribution in [0, 0.1) is 0 Å². The molecule has 0 fully saturated rings. The first-order chi connectivity index (χ1) is 11.7. The third-order valence-electron chi connectivity index (χ3n) is 2.93. The van der Waals surface area contributed by atoms with Crippen LogP contribution in [0.4, 0.5) is 13.2 Å². The first-order valence-electron chi connectivity index (χ1n) is 6.80. The molecule has 2 N–H and O–H groups in total. The number of nitrogens with zero attached hydrogens (tertiary/aromatic N) is 4. The minimum absolute atomic E-state index is 0.238. The van der Waals surface area contributed by atoms with Crippen LogP contribution >= 0.6 is 0 Å². The van der Waals surface area contributed by atoms with Crippen molar-refractivity contribution in [2.75, 3.05) is 0 Å². The van der Waals surface area contributed by atoms with Crippen LogP contribution in [-0.4, -0.2) is 43.6 Å². The molecule has 1 heterocycles. The van der Waals surface area contributed by atoms with E-state index < -0.39 is 36.5 Å². The smallest absolute Gasteiger partial charge is 0.481 e. The quantitative estimate of drug-likeness (QED) is 0.754. The van der Waals surface area contributed by atoms with Crippen LogP contribution in [0.25, 0.3) is 0 Å². The number of carbonyl (C=O) groups excluding carboxylic acids is 1. The van der Waals surface area contributed by atoms with Gasteiger partial charge in [0.15, 0.2) is 0 Å². The molecule has 12 heteroatoms. The monoisotopic (exact) mass is 359 g/mol. The molecule has 134 valence electrons. The second-order valence-electron chi connectivity index (χ2n) is 4.84. The number of tetrazole rings is 1. The Morgan fingerprint density at radius 2 is 1.96 bits per heavy atom. The van der Waals surface area contributed by atoms with Gasteiger partial charge in [0, 0.05) is 0 Å². The predicted octanol–water partition coefficient (Wildman–Crippen LogP) is 0.904. The zero-order valence-electron chi connectivity index (χ0n) is 12.5. The number of amides is 1. The summed E-state index contributed by atoms with van der Waals surface area (Å²) in [6, 6.07) is 3.61. The van der Waals surface area contributed by atoms with E-state index in [1.54, 1.807) is 0 Å². The van der Waals surface area contributed by atoms with Gasteiger partial charge in [-0.05, 0) is 28.1 Å². The highest BCUT2D eigenvalue weighted by molar-refractivity contribution is 5.77. The minimum atomic E-state index is -4.83. The number of hydrogen-bond donors (Lipinski definition) is 2. The van der Waals surface area contributed by atoms with Crippen molar-refractivity contribution in [2.24, 2.45) is 0 Å². The fourth-order valence-corrected chi connectivity index (χ4v) is 1.97. The molecule has 0 radical (unpaired) electrons. The van der Waals surface area contributed by atoms with Crippen LogP contribution in [0.1, 0.15) is 18.0 Å². The standard InChI is InChI=1S/C13H12F3N5O4/c14-13(15,16)25-9-3-1-8(2-4-9)10(5-12(23)24)18-11(22)6-21-7-17-19-20-21/h1-4,7,10H,5-6H2,(H,18,22)(H,23,24). The van der Waals surface area contributed by atoms with E-state index in [0.717, 1.165) is 16.8 Å². The van der Waals surface area contributed by atoms with Crippen molar-refractivity contribution < 1.29 is 32.6 Å². The first kappa shape index (κ1) is 18.2. The Labute approximate surface area is 138 Å². The van der Waals surface area contributed by atoms with Gasteiger partial charge in [0.2, 0.25) is 5.91 Å². The van der Waals surface area contributed by atoms with Crippen LogP contribution in [0.3, 0.4) is 0 Å². The Morgan fingerprint density at radius 3 is 2.48 bits per heavy atom. The predicted molar refractivity (Wildman–Crippen MR) is 74.1 cm³/mol. The van der Waals surface area contributed by atoms with Gasteiger partial charge in [-0.15, -0.1) is 18.3 Å². The highest BCUT2D eigenvalue weighted by Gasteiger charge is 2.31. The lowest BCUT2D eigenvalue weighted by molar-refractivity contribution is -0.274. The Kier molecular flexibility index (Phi) is 5.52. The molecule has 1 aromatic heterocycles. The molecule has 0 saturated carbocycles. The molecule has 1 amide bonds. The van der Waals surface area contributed by atoms with Crippen molar-refractivity contribution in [3.63, 3.8) is 0 Å². The van der Waals surface area contributed by atoms with E-state index >= 15 is 0 Å². The van der Waals surface area contributed by atoms with E-state index in [1.807, 2.05) is 0 Å². The van der Waals surface area contributed by atoms with Crippen molar-refractivity contribution >= 4 is 11.9 Å². The molecular formula is C13H12F3N5O4. The molecule has 0 aliphatic rings. The number of aromatic nitrogens is 4. The van der Waals surface area contributed by atoms with Crippen molar-refractivity contribution in [3.05, 3.63) is 36.2 Å². The summed E-state index contributed by atoms with van der Waals surface area (Å²) in [6.45, 7) is -0.238. The van der Waals surface area contributed by atoms with E-state index in [0.29, 0.717) is 5.56 Å². The van der Waals surface area contributed by atoms with Crippen molar-refractivity contribution in [2.45, 2.75) is 25.4 Å². The van der Waals surface area contributed by atoms with Gasteiger partial charge in [0.25, 0.3) is 0 Å². The average Bonchev–Trinajstić information content (AvgIpc) is 2.98. The third kappa shape index (κ3) is 6.08. The number of aliphatic carboxylic acids is 1. The molecule has 1 unspecified atom stereocenters. The maximum Gasteiger partial charge on any atom is 0.573 e. The van der Waals surface area contributed by atoms with E-state index in [4.69, 9.17) is 5.11 Å². The van der Waals surface area contributed by atoms with Crippen LogP contribution in [0.5, 0.6) is 5.75 Å². The van der Waals surface area contributed by atoms with Crippen molar-refractivity contribution in [1.82, 2.24) is 25.5 Å². The van der Waals surface area contributed by atoms with Gasteiger partial charge in [-0.25, -0.2) is 4.68 Å². The van der Waals surface area contributed by atoms with Crippen LogP contribution in [0.15, 0.2) is 30.6 Å². The van der Waals surface area contributed by atoms with Gasteiger partial charge < -0.3 is 15.2 Å². The normalized spacial score (nSPS) is 12.4. The van der Waals surface area contributed by atoms with Gasteiger partial charge in [-0.1, -0.05) is 12.1 Å². The number of carboxylic acids is 1. The molecule has 0 aliphatic heterocycles. The lowest BCUT2D eigenvalue weighted by Crippen LogP contribution is -2.33. The Balaban J connectivity index is 2.08. The minimum Gasteiger partial charge on any atom is -0.481 e. The van der Waals surface area contributed by atoms with E-state index in [2.05, 4.69) is 25.6 Å². The van der Waals surface area contributed by atoms with Crippen LogP contribution < -0.4 is 10.1 Å². The fourth-order valence-electron chi connectivity index (χ4n) is 1.97. The lowest BCUT2D eigenvalue weighted by atomic mass is 10.0. The molecular weight excluding hydrogens is 347 g/mol. The Hall–Kier alpha value is -3.18. The zero-order chi connectivity index (χ0) is 18.4. The highest BCUT2D eigenvalue weighted by atomic mass is 19.4. The summed E-state index contributed by atoms with van der Waals surface area (Å²) in [5.41, 5.74) is 0.307. The molecule has 2 aromatic rings. The molecule has 0 spiro atoms. The highest BCUT2D eigenvalue weighted by Crippen LogP contribution is 2.25. The summed E-state index contributed by atoms with van der Waals surface area (Å²) < 4.78 is 41.3. The number of hydrogen-bond acceptors (Lipinski definition) is 6. The number of carboxylic acid groups (broad SMARTS) is 1. The summed E-state index contributed by atoms with van der Waals surface area (Å²) in [7, 11) is 0. The topological polar surface area (TPSA) is 119 Å². The van der Waals surface area contributed by atoms with Gasteiger partial charge >= 0.3 is 12.3 Å². The third-order valence-corrected chi connectivity index (χ3v) is 2.93. The van der Waals surface area contributed by atoms with E-state index in [1.165, 1.54) is 18.5 Å². The molecule has 1 aromatic carbocycles. The lowest BCUT2D eigenvalue weighted by Gasteiger charge is -2.18. The average molecular weight is 359 g/mol. The van der Waals surface area contributed by atoms with Gasteiger partial charge in [-0.3, -0.25) is 9.59 Å². The molecule has 2 rings (SSSR count). The molecule has 1 atom stereocenters. The van der Waals surface area contributed by atoms with Gasteiger partial charge in [0.05, 0.1) is 12.5 Å². The van der Waals surface area contributed by atoms with Crippen LogP contribution in [0.2, 0.25) is 0 Å². The zero-order valence-corrected chi connectivity index (χ0v) is 12.5. The van der Waals surface area contributed by atoms with Gasteiger partial charge in [0.1, 0.15) is 18.6 Å². The molecule has 9 nitrogen and oxygen atoms in total. The molecule has 0 bridgehead atoms. The van der Waals surface area contributed by atoms with Gasteiger partial charge in [-0.2, -0.15) is 0 Å². The number of benzene rings is 1. The number of alkyl halides is 3. The molecule has 25 heavy (non-hydrogen) atoms. The number of carbonyl (C=O) groups is 2. The van der Waals surface area contributed by atoms with E-state index in [9.17, 15) is 22.8 Å². The first-order valence-corrected chi connectivity index (χ1v) is 6.80. The SMILES string of the molecule is O=C(O)CC(NC(=O)Cn1cnnn1)c1ccc(OC(F)(F)F)cc1. The maximum absolute atomic E-state index is 12.1. The summed E-state index contributed by atoms with van der Waals surface area (Å²) in [5, 5.41) is 21.6. The Morgan fingerprint density at radius 1 is 1.28 bits per heavy atom.